The van der Waals surface area contributed by atoms with E-state index in [1.165, 1.54) is 13.2 Å². The fourth-order valence-electron chi connectivity index (χ4n) is 1.62. The lowest BCUT2D eigenvalue weighted by atomic mass is 10.0. The highest BCUT2D eigenvalue weighted by atomic mass is 19.1. The van der Waals surface area contributed by atoms with Crippen LogP contribution in [0.5, 0.6) is 5.75 Å². The van der Waals surface area contributed by atoms with Crippen LogP contribution in [0.25, 0.3) is 0 Å². The molecule has 0 aromatic heterocycles. The average Bonchev–Trinajstić information content (AvgIpc) is 2.19. The van der Waals surface area contributed by atoms with Crippen LogP contribution in [0.4, 0.5) is 10.1 Å². The Morgan fingerprint density at radius 1 is 1.43 bits per heavy atom. The highest BCUT2D eigenvalue weighted by Gasteiger charge is 2.21. The summed E-state index contributed by atoms with van der Waals surface area (Å²) >= 11 is 0. The summed E-state index contributed by atoms with van der Waals surface area (Å²) in [4.78, 5) is 11.1. The minimum absolute atomic E-state index is 0.148. The maximum Gasteiger partial charge on any atom is 0.224 e. The number of benzene rings is 1. The van der Waals surface area contributed by atoms with Crippen LogP contribution in [-0.2, 0) is 11.2 Å². The van der Waals surface area contributed by atoms with Gasteiger partial charge in [0.25, 0.3) is 0 Å². The molecule has 1 aromatic carbocycles. The molecule has 0 saturated carbocycles. The predicted octanol–water partition coefficient (Wildman–Crippen LogP) is 1.72. The molecule has 74 valence electrons. The van der Waals surface area contributed by atoms with Crippen LogP contribution < -0.4 is 10.1 Å². The monoisotopic (exact) mass is 195 g/mol. The van der Waals surface area contributed by atoms with E-state index >= 15 is 0 Å². The van der Waals surface area contributed by atoms with Crippen molar-refractivity contribution in [2.75, 3.05) is 12.4 Å². The fraction of sp³-hybridized carbons (Fsp3) is 0.300. The van der Waals surface area contributed by atoms with Crippen LogP contribution in [0.15, 0.2) is 12.1 Å². The summed E-state index contributed by atoms with van der Waals surface area (Å²) < 4.78 is 18.4. The molecule has 0 unspecified atom stereocenters. The van der Waals surface area contributed by atoms with Crippen molar-refractivity contribution in [1.82, 2.24) is 0 Å². The van der Waals surface area contributed by atoms with E-state index in [9.17, 15) is 9.18 Å². The molecular formula is C10H10FNO2. The summed E-state index contributed by atoms with van der Waals surface area (Å²) in [6, 6.07) is 2.87. The SMILES string of the molecule is COc1ccc(F)c2c1CCC(=O)N2. The number of carbonyl (C=O) groups excluding carboxylic acids is 1. The zero-order chi connectivity index (χ0) is 10.1. The lowest BCUT2D eigenvalue weighted by Gasteiger charge is -2.19. The number of ether oxygens (including phenoxy) is 1. The van der Waals surface area contributed by atoms with Crippen LogP contribution in [0.1, 0.15) is 12.0 Å². The van der Waals surface area contributed by atoms with Crippen molar-refractivity contribution in [3.63, 3.8) is 0 Å². The van der Waals surface area contributed by atoms with Gasteiger partial charge in [-0.3, -0.25) is 4.79 Å². The van der Waals surface area contributed by atoms with Crippen molar-refractivity contribution in [3.8, 4) is 5.75 Å². The van der Waals surface area contributed by atoms with Crippen LogP contribution in [-0.4, -0.2) is 13.0 Å². The molecule has 1 aromatic rings. The summed E-state index contributed by atoms with van der Waals surface area (Å²) in [6.45, 7) is 0. The summed E-state index contributed by atoms with van der Waals surface area (Å²) in [7, 11) is 1.53. The first-order chi connectivity index (χ1) is 6.72. The van der Waals surface area contributed by atoms with Gasteiger partial charge in [0.15, 0.2) is 0 Å². The predicted molar refractivity (Wildman–Crippen MR) is 49.9 cm³/mol. The second-order valence-electron chi connectivity index (χ2n) is 3.15. The quantitative estimate of drug-likeness (QED) is 0.740. The van der Waals surface area contributed by atoms with Crippen molar-refractivity contribution in [3.05, 3.63) is 23.5 Å². The Bertz CT molecular complexity index is 390. The van der Waals surface area contributed by atoms with Crippen molar-refractivity contribution in [1.29, 1.82) is 0 Å². The highest BCUT2D eigenvalue weighted by molar-refractivity contribution is 5.94. The molecule has 3 nitrogen and oxygen atoms in total. The number of carbonyl (C=O) groups is 1. The first-order valence-corrected chi connectivity index (χ1v) is 4.37. The molecule has 0 atom stereocenters. The molecule has 0 spiro atoms. The van der Waals surface area contributed by atoms with Gasteiger partial charge in [-0.05, 0) is 18.6 Å². The van der Waals surface area contributed by atoms with E-state index in [0.29, 0.717) is 18.6 Å². The fourth-order valence-corrected chi connectivity index (χ4v) is 1.62. The lowest BCUT2D eigenvalue weighted by Crippen LogP contribution is -2.20. The number of nitrogens with one attached hydrogen (secondary N) is 1. The number of fused-ring (bicyclic) bond motifs is 1. The topological polar surface area (TPSA) is 38.3 Å². The molecular weight excluding hydrogens is 185 g/mol. The van der Waals surface area contributed by atoms with Gasteiger partial charge in [0, 0.05) is 12.0 Å². The van der Waals surface area contributed by atoms with Crippen molar-refractivity contribution < 1.29 is 13.9 Å². The third-order valence-corrected chi connectivity index (χ3v) is 2.31. The third kappa shape index (κ3) is 1.32. The number of anilines is 1. The summed E-state index contributed by atoms with van der Waals surface area (Å²) in [6.07, 6.45) is 0.912. The summed E-state index contributed by atoms with van der Waals surface area (Å²) in [5.41, 5.74) is 1.01. The molecule has 0 radical (unpaired) electrons. The number of hydrogen-bond donors (Lipinski definition) is 1. The Morgan fingerprint density at radius 2 is 2.21 bits per heavy atom. The number of rotatable bonds is 1. The highest BCUT2D eigenvalue weighted by Crippen LogP contribution is 2.33. The third-order valence-electron chi connectivity index (χ3n) is 2.31. The lowest BCUT2D eigenvalue weighted by molar-refractivity contribution is -0.116. The Balaban J connectivity index is 2.54. The number of halogens is 1. The smallest absolute Gasteiger partial charge is 0.224 e. The normalized spacial score (nSPS) is 14.6. The van der Waals surface area contributed by atoms with Crippen molar-refractivity contribution in [2.45, 2.75) is 12.8 Å². The van der Waals surface area contributed by atoms with E-state index < -0.39 is 5.82 Å². The molecule has 0 saturated heterocycles. The molecule has 0 aliphatic carbocycles. The van der Waals surface area contributed by atoms with Gasteiger partial charge in [0.1, 0.15) is 11.6 Å². The molecule has 1 aliphatic rings. The van der Waals surface area contributed by atoms with Gasteiger partial charge in [0.05, 0.1) is 12.8 Å². The number of amides is 1. The minimum Gasteiger partial charge on any atom is -0.496 e. The van der Waals surface area contributed by atoms with Crippen LogP contribution in [0.2, 0.25) is 0 Å². The van der Waals surface area contributed by atoms with Crippen molar-refractivity contribution in [2.24, 2.45) is 0 Å². The maximum atomic E-state index is 13.3. The molecule has 1 aliphatic heterocycles. The first-order valence-electron chi connectivity index (χ1n) is 4.37. The Hall–Kier alpha value is -1.58. The van der Waals surface area contributed by atoms with Gasteiger partial charge < -0.3 is 10.1 Å². The number of hydrogen-bond acceptors (Lipinski definition) is 2. The molecule has 1 amide bonds. The van der Waals surface area contributed by atoms with Crippen molar-refractivity contribution >= 4 is 11.6 Å². The number of methoxy groups -OCH3 is 1. The second-order valence-corrected chi connectivity index (χ2v) is 3.15. The molecule has 2 rings (SSSR count). The Kier molecular flexibility index (Phi) is 2.11. The average molecular weight is 195 g/mol. The zero-order valence-electron chi connectivity index (χ0n) is 7.76. The largest absolute Gasteiger partial charge is 0.496 e. The van der Waals surface area contributed by atoms with Gasteiger partial charge in [-0.1, -0.05) is 0 Å². The molecule has 4 heteroatoms. The minimum atomic E-state index is -0.408. The van der Waals surface area contributed by atoms with Gasteiger partial charge in [0.2, 0.25) is 5.91 Å². The maximum absolute atomic E-state index is 13.3. The van der Waals surface area contributed by atoms with Crippen LogP contribution >= 0.6 is 0 Å². The molecule has 1 heterocycles. The Morgan fingerprint density at radius 3 is 2.93 bits per heavy atom. The van der Waals surface area contributed by atoms with Gasteiger partial charge in [-0.2, -0.15) is 0 Å². The first kappa shape index (κ1) is 8.99. The van der Waals surface area contributed by atoms with E-state index in [2.05, 4.69) is 5.32 Å². The zero-order valence-corrected chi connectivity index (χ0v) is 7.76. The second kappa shape index (κ2) is 3.29. The van der Waals surface area contributed by atoms with Gasteiger partial charge >= 0.3 is 0 Å². The summed E-state index contributed by atoms with van der Waals surface area (Å²) in [5.74, 6) is 0.0694. The summed E-state index contributed by atoms with van der Waals surface area (Å²) in [5, 5.41) is 2.51. The van der Waals surface area contributed by atoms with E-state index in [-0.39, 0.29) is 11.6 Å². The molecule has 1 N–H and O–H groups in total. The van der Waals surface area contributed by atoms with Crippen LogP contribution in [0.3, 0.4) is 0 Å². The molecule has 0 bridgehead atoms. The van der Waals surface area contributed by atoms with E-state index in [1.54, 1.807) is 6.07 Å². The van der Waals surface area contributed by atoms with E-state index in [4.69, 9.17) is 4.74 Å². The van der Waals surface area contributed by atoms with Crippen LogP contribution in [0, 0.1) is 5.82 Å². The van der Waals surface area contributed by atoms with Gasteiger partial charge in [-0.25, -0.2) is 4.39 Å². The molecule has 14 heavy (non-hydrogen) atoms. The van der Waals surface area contributed by atoms with E-state index in [1.807, 2.05) is 0 Å². The van der Waals surface area contributed by atoms with E-state index in [0.717, 1.165) is 5.56 Å². The van der Waals surface area contributed by atoms with Gasteiger partial charge in [-0.15, -0.1) is 0 Å². The standard InChI is InChI=1S/C10H10FNO2/c1-14-8-4-3-7(11)10-6(8)2-5-9(13)12-10/h3-4H,2,5H2,1H3,(H,12,13). The Labute approximate surface area is 80.9 Å². The molecule has 0 fully saturated rings.